The predicted octanol–water partition coefficient (Wildman–Crippen LogP) is 0.265. The van der Waals surface area contributed by atoms with Crippen molar-refractivity contribution in [1.82, 2.24) is 10.2 Å². The first kappa shape index (κ1) is 9.83. The first-order chi connectivity index (χ1) is 6.16. The van der Waals surface area contributed by atoms with Gasteiger partial charge in [-0.05, 0) is 6.42 Å². The van der Waals surface area contributed by atoms with E-state index in [4.69, 9.17) is 5.11 Å². The Bertz CT molecular complexity index is 217. The standard InChI is InChI=1S/C8H14N2O3/c1-2-3-6(7(11)12)10-5-4-9-8(10)13/h6H,2-5H2,1H3,(H,9,13)(H,11,12). The molecule has 1 fully saturated rings. The number of amides is 2. The van der Waals surface area contributed by atoms with Crippen molar-refractivity contribution in [3.8, 4) is 0 Å². The van der Waals surface area contributed by atoms with Crippen molar-refractivity contribution < 1.29 is 14.7 Å². The second kappa shape index (κ2) is 4.11. The van der Waals surface area contributed by atoms with E-state index in [2.05, 4.69) is 5.32 Å². The van der Waals surface area contributed by atoms with Gasteiger partial charge in [-0.1, -0.05) is 13.3 Å². The summed E-state index contributed by atoms with van der Waals surface area (Å²) >= 11 is 0. The third-order valence-electron chi connectivity index (χ3n) is 2.11. The quantitative estimate of drug-likeness (QED) is 0.661. The van der Waals surface area contributed by atoms with Crippen LogP contribution >= 0.6 is 0 Å². The van der Waals surface area contributed by atoms with E-state index in [0.717, 1.165) is 6.42 Å². The molecule has 0 saturated carbocycles. The molecular weight excluding hydrogens is 172 g/mol. The molecule has 2 amide bonds. The summed E-state index contributed by atoms with van der Waals surface area (Å²) in [5, 5.41) is 11.4. The third kappa shape index (κ3) is 2.11. The highest BCUT2D eigenvalue weighted by molar-refractivity contribution is 5.83. The van der Waals surface area contributed by atoms with Crippen molar-refractivity contribution in [2.24, 2.45) is 0 Å². The Hall–Kier alpha value is -1.26. The molecule has 2 N–H and O–H groups in total. The summed E-state index contributed by atoms with van der Waals surface area (Å²) < 4.78 is 0. The van der Waals surface area contributed by atoms with E-state index in [1.54, 1.807) is 0 Å². The molecule has 0 spiro atoms. The van der Waals surface area contributed by atoms with E-state index in [0.29, 0.717) is 19.5 Å². The Morgan fingerprint density at radius 2 is 2.46 bits per heavy atom. The second-order valence-corrected chi connectivity index (χ2v) is 3.07. The minimum atomic E-state index is -0.918. The van der Waals surface area contributed by atoms with Crippen molar-refractivity contribution in [3.63, 3.8) is 0 Å². The minimum absolute atomic E-state index is 0.263. The number of aliphatic carboxylic acids is 1. The van der Waals surface area contributed by atoms with Gasteiger partial charge >= 0.3 is 12.0 Å². The Balaban J connectivity index is 2.63. The number of rotatable bonds is 4. The molecule has 0 aromatic carbocycles. The molecule has 5 nitrogen and oxygen atoms in total. The first-order valence-corrected chi connectivity index (χ1v) is 4.44. The average molecular weight is 186 g/mol. The third-order valence-corrected chi connectivity index (χ3v) is 2.11. The Labute approximate surface area is 76.7 Å². The summed E-state index contributed by atoms with van der Waals surface area (Å²) in [5.41, 5.74) is 0. The largest absolute Gasteiger partial charge is 0.480 e. The molecule has 1 atom stereocenters. The zero-order valence-electron chi connectivity index (χ0n) is 7.62. The van der Waals surface area contributed by atoms with Crippen molar-refractivity contribution in [2.75, 3.05) is 13.1 Å². The van der Waals surface area contributed by atoms with Crippen LogP contribution in [-0.2, 0) is 4.79 Å². The number of hydrogen-bond acceptors (Lipinski definition) is 2. The zero-order chi connectivity index (χ0) is 9.84. The van der Waals surface area contributed by atoms with Crippen LogP contribution in [0, 0.1) is 0 Å². The summed E-state index contributed by atoms with van der Waals surface area (Å²) in [7, 11) is 0. The summed E-state index contributed by atoms with van der Waals surface area (Å²) in [6, 6.07) is -0.923. The molecule has 74 valence electrons. The number of urea groups is 1. The molecule has 0 bridgehead atoms. The van der Waals surface area contributed by atoms with Crippen molar-refractivity contribution in [1.29, 1.82) is 0 Å². The Morgan fingerprint density at radius 1 is 1.77 bits per heavy atom. The number of carboxylic acids is 1. The van der Waals surface area contributed by atoms with Crippen molar-refractivity contribution in [3.05, 3.63) is 0 Å². The summed E-state index contributed by atoms with van der Waals surface area (Å²) in [4.78, 5) is 23.3. The summed E-state index contributed by atoms with van der Waals surface area (Å²) in [6.07, 6.45) is 1.28. The molecule has 1 aliphatic heterocycles. The van der Waals surface area contributed by atoms with Gasteiger partial charge in [0.2, 0.25) is 0 Å². The smallest absolute Gasteiger partial charge is 0.326 e. The maximum atomic E-state index is 11.1. The van der Waals surface area contributed by atoms with Gasteiger partial charge in [0.25, 0.3) is 0 Å². The number of carbonyl (C=O) groups excluding carboxylic acids is 1. The van der Waals surface area contributed by atoms with E-state index in [9.17, 15) is 9.59 Å². The van der Waals surface area contributed by atoms with Gasteiger partial charge in [-0.2, -0.15) is 0 Å². The van der Waals surface area contributed by atoms with Crippen LogP contribution in [0.4, 0.5) is 4.79 Å². The summed E-state index contributed by atoms with van der Waals surface area (Å²) in [5.74, 6) is -0.918. The zero-order valence-corrected chi connectivity index (χ0v) is 7.62. The Morgan fingerprint density at radius 3 is 2.85 bits per heavy atom. The van der Waals surface area contributed by atoms with E-state index in [-0.39, 0.29) is 6.03 Å². The highest BCUT2D eigenvalue weighted by atomic mass is 16.4. The fraction of sp³-hybridized carbons (Fsp3) is 0.750. The van der Waals surface area contributed by atoms with Gasteiger partial charge in [0.1, 0.15) is 6.04 Å². The van der Waals surface area contributed by atoms with Crippen LogP contribution in [-0.4, -0.2) is 41.1 Å². The molecule has 1 heterocycles. The maximum Gasteiger partial charge on any atom is 0.326 e. The number of carbonyl (C=O) groups is 2. The normalized spacial score (nSPS) is 18.5. The number of nitrogens with one attached hydrogen (secondary N) is 1. The van der Waals surface area contributed by atoms with Crippen LogP contribution in [0.15, 0.2) is 0 Å². The molecule has 13 heavy (non-hydrogen) atoms. The molecule has 0 aromatic heterocycles. The molecule has 1 saturated heterocycles. The van der Waals surface area contributed by atoms with Crippen molar-refractivity contribution in [2.45, 2.75) is 25.8 Å². The van der Waals surface area contributed by atoms with Crippen LogP contribution in [0.25, 0.3) is 0 Å². The number of nitrogens with zero attached hydrogens (tertiary/aromatic N) is 1. The number of carboxylic acid groups (broad SMARTS) is 1. The highest BCUT2D eigenvalue weighted by Crippen LogP contribution is 2.10. The monoisotopic (exact) mass is 186 g/mol. The Kier molecular flexibility index (Phi) is 3.11. The SMILES string of the molecule is CCCC(C(=O)O)N1CCNC1=O. The first-order valence-electron chi connectivity index (χ1n) is 4.44. The van der Waals surface area contributed by atoms with Crippen LogP contribution in [0.2, 0.25) is 0 Å². The fourth-order valence-electron chi connectivity index (χ4n) is 1.47. The lowest BCUT2D eigenvalue weighted by Gasteiger charge is -2.22. The fourth-order valence-corrected chi connectivity index (χ4v) is 1.47. The van der Waals surface area contributed by atoms with Gasteiger partial charge < -0.3 is 15.3 Å². The van der Waals surface area contributed by atoms with Crippen LogP contribution < -0.4 is 5.32 Å². The van der Waals surface area contributed by atoms with Gasteiger partial charge in [-0.25, -0.2) is 9.59 Å². The number of hydrogen-bond donors (Lipinski definition) is 2. The highest BCUT2D eigenvalue weighted by Gasteiger charge is 2.31. The van der Waals surface area contributed by atoms with E-state index < -0.39 is 12.0 Å². The molecule has 1 rings (SSSR count). The maximum absolute atomic E-state index is 11.1. The summed E-state index contributed by atoms with van der Waals surface area (Å²) in [6.45, 7) is 2.95. The van der Waals surface area contributed by atoms with E-state index in [1.165, 1.54) is 4.90 Å². The minimum Gasteiger partial charge on any atom is -0.480 e. The van der Waals surface area contributed by atoms with Gasteiger partial charge in [0.05, 0.1) is 0 Å². The van der Waals surface area contributed by atoms with Gasteiger partial charge in [0.15, 0.2) is 0 Å². The topological polar surface area (TPSA) is 69.6 Å². The van der Waals surface area contributed by atoms with Gasteiger partial charge in [-0.15, -0.1) is 0 Å². The van der Waals surface area contributed by atoms with Gasteiger partial charge in [-0.3, -0.25) is 0 Å². The molecule has 5 heteroatoms. The van der Waals surface area contributed by atoms with Crippen LogP contribution in [0.1, 0.15) is 19.8 Å². The lowest BCUT2D eigenvalue weighted by atomic mass is 10.1. The van der Waals surface area contributed by atoms with Crippen LogP contribution in [0.3, 0.4) is 0 Å². The van der Waals surface area contributed by atoms with Crippen molar-refractivity contribution >= 4 is 12.0 Å². The van der Waals surface area contributed by atoms with Crippen LogP contribution in [0.5, 0.6) is 0 Å². The van der Waals surface area contributed by atoms with Gasteiger partial charge in [0, 0.05) is 13.1 Å². The average Bonchev–Trinajstić information content (AvgIpc) is 2.47. The lowest BCUT2D eigenvalue weighted by molar-refractivity contribution is -0.142. The molecule has 1 aliphatic rings. The van der Waals surface area contributed by atoms with E-state index in [1.807, 2.05) is 6.92 Å². The molecule has 0 aliphatic carbocycles. The lowest BCUT2D eigenvalue weighted by Crippen LogP contribution is -2.43. The molecule has 0 aromatic rings. The predicted molar refractivity (Wildman–Crippen MR) is 46.4 cm³/mol. The molecular formula is C8H14N2O3. The molecule has 1 unspecified atom stereocenters. The van der Waals surface area contributed by atoms with E-state index >= 15 is 0 Å². The second-order valence-electron chi connectivity index (χ2n) is 3.07. The molecule has 0 radical (unpaired) electrons.